The zero-order chi connectivity index (χ0) is 25.3. The van der Waals surface area contributed by atoms with E-state index in [4.69, 9.17) is 4.74 Å². The summed E-state index contributed by atoms with van der Waals surface area (Å²) in [6.45, 7) is 8.05. The van der Waals surface area contributed by atoms with E-state index in [1.807, 2.05) is 35.8 Å². The molecule has 1 aliphatic heterocycles. The Balaban J connectivity index is 1.75. The molecule has 0 radical (unpaired) electrons. The summed E-state index contributed by atoms with van der Waals surface area (Å²) < 4.78 is 35.1. The smallest absolute Gasteiger partial charge is 0.407 e. The molecule has 4 rings (SSSR count). The summed E-state index contributed by atoms with van der Waals surface area (Å²) in [6, 6.07) is 13.1. The highest BCUT2D eigenvalue weighted by atomic mass is 19.2. The second-order valence-corrected chi connectivity index (χ2v) is 9.74. The van der Waals surface area contributed by atoms with Gasteiger partial charge in [-0.25, -0.2) is 13.6 Å². The number of ether oxygens (including phenoxy) is 1. The molecular weight excluding hydrogens is 452 g/mol. The monoisotopic (exact) mass is 481 g/mol. The van der Waals surface area contributed by atoms with Gasteiger partial charge in [0.05, 0.1) is 11.7 Å². The number of hydrogen-bond acceptors (Lipinski definition) is 3. The Hall–Kier alpha value is -3.68. The van der Waals surface area contributed by atoms with Crippen LogP contribution in [-0.2, 0) is 4.74 Å². The SMILES string of the molecule is Cc1cccc(-c2c(-c3ccc(F)c(F)c3)cc3n2C(CCNC(=O)OC(C)(C)C)CNC3=O)c1. The van der Waals surface area contributed by atoms with Gasteiger partial charge in [-0.3, -0.25) is 4.79 Å². The largest absolute Gasteiger partial charge is 0.444 e. The fourth-order valence-electron chi connectivity index (χ4n) is 4.33. The van der Waals surface area contributed by atoms with E-state index >= 15 is 0 Å². The van der Waals surface area contributed by atoms with E-state index < -0.39 is 23.3 Å². The molecule has 0 saturated heterocycles. The van der Waals surface area contributed by atoms with Gasteiger partial charge in [-0.1, -0.05) is 29.8 Å². The summed E-state index contributed by atoms with van der Waals surface area (Å²) in [5, 5.41) is 5.67. The second kappa shape index (κ2) is 9.52. The Morgan fingerprint density at radius 1 is 1.11 bits per heavy atom. The summed E-state index contributed by atoms with van der Waals surface area (Å²) >= 11 is 0. The van der Waals surface area contributed by atoms with Crippen molar-refractivity contribution in [2.75, 3.05) is 13.1 Å². The van der Waals surface area contributed by atoms with Crippen LogP contribution in [0.5, 0.6) is 0 Å². The highest BCUT2D eigenvalue weighted by molar-refractivity contribution is 5.98. The number of fused-ring (bicyclic) bond motifs is 1. The van der Waals surface area contributed by atoms with E-state index in [1.165, 1.54) is 6.07 Å². The van der Waals surface area contributed by atoms with Gasteiger partial charge in [0.2, 0.25) is 0 Å². The Bertz CT molecular complexity index is 1280. The van der Waals surface area contributed by atoms with Gasteiger partial charge in [0.15, 0.2) is 11.6 Å². The topological polar surface area (TPSA) is 72.4 Å². The van der Waals surface area contributed by atoms with Crippen LogP contribution in [-0.4, -0.2) is 35.3 Å². The lowest BCUT2D eigenvalue weighted by molar-refractivity contribution is 0.0524. The van der Waals surface area contributed by atoms with Crippen molar-refractivity contribution in [2.24, 2.45) is 0 Å². The number of rotatable bonds is 5. The number of amides is 2. The predicted molar refractivity (Wildman–Crippen MR) is 130 cm³/mol. The number of carbonyl (C=O) groups excluding carboxylic acids is 2. The van der Waals surface area contributed by atoms with Gasteiger partial charge < -0.3 is 19.9 Å². The number of alkyl carbamates (subject to hydrolysis) is 1. The number of aromatic nitrogens is 1. The lowest BCUT2D eigenvalue weighted by Crippen LogP contribution is -2.41. The summed E-state index contributed by atoms with van der Waals surface area (Å²) in [7, 11) is 0. The Labute approximate surface area is 203 Å². The first-order valence-electron chi connectivity index (χ1n) is 11.6. The highest BCUT2D eigenvalue weighted by Crippen LogP contribution is 2.40. The molecule has 2 amide bonds. The molecule has 184 valence electrons. The maximum atomic E-state index is 14.1. The summed E-state index contributed by atoms with van der Waals surface area (Å²) in [4.78, 5) is 24.9. The number of nitrogens with zero attached hydrogens (tertiary/aromatic N) is 1. The van der Waals surface area contributed by atoms with Crippen LogP contribution in [0.15, 0.2) is 48.5 Å². The number of nitrogens with one attached hydrogen (secondary N) is 2. The Kier molecular flexibility index (Phi) is 6.65. The van der Waals surface area contributed by atoms with Crippen LogP contribution in [0.3, 0.4) is 0 Å². The molecule has 0 saturated carbocycles. The summed E-state index contributed by atoms with van der Waals surface area (Å²) in [5.74, 6) is -2.13. The molecule has 0 spiro atoms. The van der Waals surface area contributed by atoms with E-state index in [9.17, 15) is 18.4 Å². The van der Waals surface area contributed by atoms with Crippen LogP contribution < -0.4 is 10.6 Å². The van der Waals surface area contributed by atoms with Gasteiger partial charge in [0.25, 0.3) is 5.91 Å². The second-order valence-electron chi connectivity index (χ2n) is 9.74. The van der Waals surface area contributed by atoms with Crippen molar-refractivity contribution in [3.8, 4) is 22.4 Å². The van der Waals surface area contributed by atoms with Crippen molar-refractivity contribution in [2.45, 2.75) is 45.8 Å². The molecule has 2 aromatic carbocycles. The quantitative estimate of drug-likeness (QED) is 0.498. The number of hydrogen-bond donors (Lipinski definition) is 2. The minimum Gasteiger partial charge on any atom is -0.444 e. The first-order valence-corrected chi connectivity index (χ1v) is 11.6. The molecule has 0 fully saturated rings. The normalized spacial score (nSPS) is 15.4. The molecule has 0 bridgehead atoms. The average molecular weight is 482 g/mol. The van der Waals surface area contributed by atoms with E-state index in [2.05, 4.69) is 10.6 Å². The average Bonchev–Trinajstić information content (AvgIpc) is 3.18. The van der Waals surface area contributed by atoms with Crippen LogP contribution in [0.1, 0.15) is 49.3 Å². The van der Waals surface area contributed by atoms with Gasteiger partial charge in [0.1, 0.15) is 11.3 Å². The molecule has 8 heteroatoms. The van der Waals surface area contributed by atoms with E-state index in [1.54, 1.807) is 26.8 Å². The molecule has 3 aromatic rings. The summed E-state index contributed by atoms with van der Waals surface area (Å²) in [5.41, 5.74) is 3.55. The van der Waals surface area contributed by atoms with Gasteiger partial charge in [0, 0.05) is 18.7 Å². The van der Waals surface area contributed by atoms with Gasteiger partial charge in [-0.05, 0) is 69.5 Å². The first kappa shape index (κ1) is 24.4. The molecular formula is C27H29F2N3O3. The van der Waals surface area contributed by atoms with Crippen LogP contribution in [0.25, 0.3) is 22.4 Å². The van der Waals surface area contributed by atoms with E-state index in [-0.39, 0.29) is 11.9 Å². The van der Waals surface area contributed by atoms with Crippen molar-refractivity contribution < 1.29 is 23.1 Å². The maximum absolute atomic E-state index is 14.1. The van der Waals surface area contributed by atoms with Crippen LogP contribution in [0.4, 0.5) is 13.6 Å². The van der Waals surface area contributed by atoms with Crippen molar-refractivity contribution in [3.63, 3.8) is 0 Å². The molecule has 0 aliphatic carbocycles. The molecule has 1 aromatic heterocycles. The van der Waals surface area contributed by atoms with Crippen LogP contribution in [0.2, 0.25) is 0 Å². The molecule has 1 aliphatic rings. The van der Waals surface area contributed by atoms with Crippen LogP contribution in [0, 0.1) is 18.6 Å². The van der Waals surface area contributed by atoms with Gasteiger partial charge in [-0.2, -0.15) is 0 Å². The predicted octanol–water partition coefficient (Wildman–Crippen LogP) is 5.61. The minimum atomic E-state index is -0.954. The Morgan fingerprint density at radius 2 is 1.89 bits per heavy atom. The third-order valence-corrected chi connectivity index (χ3v) is 5.80. The standard InChI is InChI=1S/C27H29F2N3O3/c1-16-6-5-7-18(12-16)24-20(17-8-9-21(28)22(29)13-17)14-23-25(33)31-15-19(32(23)24)10-11-30-26(34)35-27(2,3)4/h5-9,12-14,19H,10-11,15H2,1-4H3,(H,30,34)(H,31,33). The number of aryl methyl sites for hydroxylation is 1. The van der Waals surface area contributed by atoms with Gasteiger partial charge in [-0.15, -0.1) is 0 Å². The Morgan fingerprint density at radius 3 is 2.57 bits per heavy atom. The maximum Gasteiger partial charge on any atom is 0.407 e. The van der Waals surface area contributed by atoms with E-state index in [0.29, 0.717) is 36.3 Å². The number of benzene rings is 2. The third kappa shape index (κ3) is 5.37. The minimum absolute atomic E-state index is 0.174. The van der Waals surface area contributed by atoms with Crippen molar-refractivity contribution >= 4 is 12.0 Å². The number of halogens is 2. The molecule has 1 unspecified atom stereocenters. The van der Waals surface area contributed by atoms with Crippen molar-refractivity contribution in [1.82, 2.24) is 15.2 Å². The molecule has 1 atom stereocenters. The molecule has 2 heterocycles. The van der Waals surface area contributed by atoms with E-state index in [0.717, 1.165) is 29.0 Å². The zero-order valence-electron chi connectivity index (χ0n) is 20.2. The van der Waals surface area contributed by atoms with Crippen molar-refractivity contribution in [1.29, 1.82) is 0 Å². The van der Waals surface area contributed by atoms with Crippen molar-refractivity contribution in [3.05, 3.63) is 71.4 Å². The first-order chi connectivity index (χ1) is 16.5. The van der Waals surface area contributed by atoms with Gasteiger partial charge >= 0.3 is 6.09 Å². The lowest BCUT2D eigenvalue weighted by Gasteiger charge is -2.29. The highest BCUT2D eigenvalue weighted by Gasteiger charge is 2.31. The third-order valence-electron chi connectivity index (χ3n) is 5.80. The van der Waals surface area contributed by atoms with Crippen LogP contribution >= 0.6 is 0 Å². The lowest BCUT2D eigenvalue weighted by atomic mass is 9.99. The molecule has 6 nitrogen and oxygen atoms in total. The molecule has 35 heavy (non-hydrogen) atoms. The zero-order valence-corrected chi connectivity index (χ0v) is 20.2. The summed E-state index contributed by atoms with van der Waals surface area (Å²) in [6.07, 6.45) is 0.0171. The molecule has 2 N–H and O–H groups in total. The fourth-order valence-corrected chi connectivity index (χ4v) is 4.33. The number of carbonyl (C=O) groups is 2. The fraction of sp³-hybridized carbons (Fsp3) is 0.333.